The molecule has 1 aliphatic carbocycles. The second kappa shape index (κ2) is 2.72. The van der Waals surface area contributed by atoms with Gasteiger partial charge in [-0.15, -0.1) is 5.10 Å². The van der Waals surface area contributed by atoms with Crippen LogP contribution in [0.15, 0.2) is 6.07 Å². The van der Waals surface area contributed by atoms with E-state index in [2.05, 4.69) is 10.2 Å². The lowest BCUT2D eigenvalue weighted by atomic mass is 10.0. The van der Waals surface area contributed by atoms with Gasteiger partial charge in [-0.25, -0.2) is 8.78 Å². The third kappa shape index (κ3) is 1.21. The highest BCUT2D eigenvalue weighted by Gasteiger charge is 2.73. The van der Waals surface area contributed by atoms with E-state index >= 15 is 0 Å². The highest BCUT2D eigenvalue weighted by Crippen LogP contribution is 2.60. The van der Waals surface area contributed by atoms with E-state index in [0.29, 0.717) is 0 Å². The predicted octanol–water partition coefficient (Wildman–Crippen LogP) is 0.553. The molecule has 0 spiro atoms. The van der Waals surface area contributed by atoms with Crippen molar-refractivity contribution in [3.05, 3.63) is 21.9 Å². The molecule has 1 unspecified atom stereocenters. The van der Waals surface area contributed by atoms with Gasteiger partial charge < -0.3 is 15.8 Å². The van der Waals surface area contributed by atoms with Crippen molar-refractivity contribution in [1.29, 1.82) is 0 Å². The maximum absolute atomic E-state index is 13.0. The molecule has 15 heavy (non-hydrogen) atoms. The first-order valence-corrected chi connectivity index (χ1v) is 4.21. The number of alkyl halides is 2. The minimum atomic E-state index is -2.91. The van der Waals surface area contributed by atoms with Crippen LogP contribution in [0, 0.1) is 10.1 Å². The normalized spacial score (nSPS) is 27.7. The zero-order valence-corrected chi connectivity index (χ0v) is 7.54. The van der Waals surface area contributed by atoms with E-state index < -0.39 is 28.5 Å². The summed E-state index contributed by atoms with van der Waals surface area (Å²) in [5.74, 6) is -3.31. The molecule has 2 rings (SSSR count). The fourth-order valence-electron chi connectivity index (χ4n) is 1.59. The van der Waals surface area contributed by atoms with Crippen molar-refractivity contribution in [3.8, 4) is 0 Å². The van der Waals surface area contributed by atoms with E-state index in [-0.39, 0.29) is 12.2 Å². The SMILES string of the molecule is NCC1(c2cc([N+](=O)[O-])[nH]n2)CC1(F)F. The lowest BCUT2D eigenvalue weighted by molar-refractivity contribution is -0.389. The van der Waals surface area contributed by atoms with Gasteiger partial charge in [0.25, 0.3) is 5.92 Å². The van der Waals surface area contributed by atoms with Crippen molar-refractivity contribution >= 4 is 5.82 Å². The maximum Gasteiger partial charge on any atom is 0.342 e. The zero-order chi connectivity index (χ0) is 11.3. The Labute approximate surface area is 82.6 Å². The zero-order valence-electron chi connectivity index (χ0n) is 7.54. The fraction of sp³-hybridized carbons (Fsp3) is 0.571. The number of nitrogens with two attached hydrogens (primary N) is 1. The molecule has 82 valence electrons. The Morgan fingerprint density at radius 1 is 1.73 bits per heavy atom. The second-order valence-corrected chi connectivity index (χ2v) is 3.56. The molecule has 0 radical (unpaired) electrons. The fourth-order valence-corrected chi connectivity index (χ4v) is 1.59. The van der Waals surface area contributed by atoms with Crippen molar-refractivity contribution in [2.45, 2.75) is 17.8 Å². The molecule has 1 aromatic rings. The Bertz CT molecular complexity index is 419. The standard InChI is InChI=1S/C7H8F2N4O2/c8-7(9)2-6(7,3-10)4-1-5(12-11-4)13(14)15/h1H,2-3,10H2,(H,11,12). The van der Waals surface area contributed by atoms with Crippen LogP contribution in [0.4, 0.5) is 14.6 Å². The summed E-state index contributed by atoms with van der Waals surface area (Å²) in [7, 11) is 0. The Balaban J connectivity index is 2.34. The Hall–Kier alpha value is -1.57. The number of halogens is 2. The second-order valence-electron chi connectivity index (χ2n) is 3.56. The summed E-state index contributed by atoms with van der Waals surface area (Å²) in [4.78, 5) is 9.61. The largest absolute Gasteiger partial charge is 0.358 e. The van der Waals surface area contributed by atoms with Crippen LogP contribution in [0.2, 0.25) is 0 Å². The van der Waals surface area contributed by atoms with Gasteiger partial charge in [0.05, 0.1) is 11.5 Å². The molecular formula is C7H8F2N4O2. The lowest BCUT2D eigenvalue weighted by Gasteiger charge is -2.08. The monoisotopic (exact) mass is 218 g/mol. The van der Waals surface area contributed by atoms with E-state index in [1.165, 1.54) is 0 Å². The van der Waals surface area contributed by atoms with E-state index in [0.717, 1.165) is 6.07 Å². The first-order chi connectivity index (χ1) is 6.93. The minimum Gasteiger partial charge on any atom is -0.358 e. The Morgan fingerprint density at radius 3 is 2.67 bits per heavy atom. The molecule has 8 heteroatoms. The van der Waals surface area contributed by atoms with Gasteiger partial charge in [-0.05, 0) is 4.92 Å². The molecule has 1 heterocycles. The number of rotatable bonds is 3. The van der Waals surface area contributed by atoms with Crippen LogP contribution >= 0.6 is 0 Å². The number of nitrogens with zero attached hydrogens (tertiary/aromatic N) is 2. The molecule has 0 bridgehead atoms. The molecule has 1 saturated carbocycles. The molecule has 1 fully saturated rings. The third-order valence-corrected chi connectivity index (χ3v) is 2.70. The lowest BCUT2D eigenvalue weighted by Crippen LogP contribution is -2.27. The molecule has 0 saturated heterocycles. The first-order valence-electron chi connectivity index (χ1n) is 4.21. The highest BCUT2D eigenvalue weighted by atomic mass is 19.3. The summed E-state index contributed by atoms with van der Waals surface area (Å²) in [5.41, 5.74) is 3.70. The van der Waals surface area contributed by atoms with Crippen LogP contribution in [-0.2, 0) is 5.41 Å². The van der Waals surface area contributed by atoms with Crippen molar-refractivity contribution in [2.75, 3.05) is 6.54 Å². The van der Waals surface area contributed by atoms with Crippen molar-refractivity contribution in [1.82, 2.24) is 10.2 Å². The minimum absolute atomic E-state index is 0.0401. The van der Waals surface area contributed by atoms with Crippen molar-refractivity contribution in [3.63, 3.8) is 0 Å². The Morgan fingerprint density at radius 2 is 2.33 bits per heavy atom. The van der Waals surface area contributed by atoms with Gasteiger partial charge in [0, 0.05) is 13.0 Å². The number of nitro groups is 1. The molecular weight excluding hydrogens is 210 g/mol. The summed E-state index contributed by atoms with van der Waals surface area (Å²) >= 11 is 0. The first kappa shape index (κ1) is 9.97. The topological polar surface area (TPSA) is 97.8 Å². The molecule has 1 atom stereocenters. The number of nitrogens with one attached hydrogen (secondary N) is 1. The van der Waals surface area contributed by atoms with Gasteiger partial charge in [0.1, 0.15) is 5.69 Å². The average molecular weight is 218 g/mol. The van der Waals surface area contributed by atoms with Crippen molar-refractivity contribution in [2.24, 2.45) is 5.73 Å². The van der Waals surface area contributed by atoms with Gasteiger partial charge in [0.15, 0.2) is 0 Å². The number of aromatic nitrogens is 2. The maximum atomic E-state index is 13.0. The molecule has 0 aliphatic heterocycles. The van der Waals surface area contributed by atoms with Gasteiger partial charge in [-0.1, -0.05) is 5.10 Å². The molecule has 3 N–H and O–H groups in total. The van der Waals surface area contributed by atoms with Gasteiger partial charge >= 0.3 is 5.82 Å². The number of hydrogen-bond donors (Lipinski definition) is 2. The molecule has 1 aromatic heterocycles. The summed E-state index contributed by atoms with van der Waals surface area (Å²) in [6, 6.07) is 1.01. The highest BCUT2D eigenvalue weighted by molar-refractivity contribution is 5.37. The van der Waals surface area contributed by atoms with Crippen LogP contribution in [0.1, 0.15) is 12.1 Å². The van der Waals surface area contributed by atoms with Crippen molar-refractivity contribution < 1.29 is 13.7 Å². The molecule has 0 aromatic carbocycles. The molecule has 6 nitrogen and oxygen atoms in total. The number of aromatic amines is 1. The molecule has 0 amide bonds. The van der Waals surface area contributed by atoms with Crippen LogP contribution in [-0.4, -0.2) is 27.6 Å². The summed E-state index contributed by atoms with van der Waals surface area (Å²) in [6.45, 7) is -0.276. The average Bonchev–Trinajstić information content (AvgIpc) is 2.59. The van der Waals surface area contributed by atoms with Crippen LogP contribution in [0.5, 0.6) is 0 Å². The van der Waals surface area contributed by atoms with E-state index in [9.17, 15) is 18.9 Å². The van der Waals surface area contributed by atoms with Gasteiger partial charge in [-0.3, -0.25) is 0 Å². The summed E-state index contributed by atoms with van der Waals surface area (Å²) in [5, 5.41) is 15.9. The van der Waals surface area contributed by atoms with Crippen LogP contribution in [0.3, 0.4) is 0 Å². The number of H-pyrrole nitrogens is 1. The molecule has 1 aliphatic rings. The quantitative estimate of drug-likeness (QED) is 0.571. The Kier molecular flexibility index (Phi) is 1.81. The summed E-state index contributed by atoms with van der Waals surface area (Å²) < 4.78 is 26.1. The van der Waals surface area contributed by atoms with Crippen LogP contribution in [0.25, 0.3) is 0 Å². The van der Waals surface area contributed by atoms with Gasteiger partial charge in [0.2, 0.25) is 0 Å². The van der Waals surface area contributed by atoms with Gasteiger partial charge in [-0.2, -0.15) is 0 Å². The van der Waals surface area contributed by atoms with E-state index in [1.807, 2.05) is 0 Å². The van der Waals surface area contributed by atoms with E-state index in [4.69, 9.17) is 5.73 Å². The summed E-state index contributed by atoms with van der Waals surface area (Å²) in [6.07, 6.45) is -0.404. The predicted molar refractivity (Wildman–Crippen MR) is 45.5 cm³/mol. The van der Waals surface area contributed by atoms with E-state index in [1.54, 1.807) is 0 Å². The number of hydrogen-bond acceptors (Lipinski definition) is 4. The third-order valence-electron chi connectivity index (χ3n) is 2.70. The smallest absolute Gasteiger partial charge is 0.342 e. The van der Waals surface area contributed by atoms with Crippen LogP contribution < -0.4 is 5.73 Å².